The van der Waals surface area contributed by atoms with Gasteiger partial charge in [-0.15, -0.1) is 0 Å². The zero-order chi connectivity index (χ0) is 19.7. The Morgan fingerprint density at radius 3 is 2.89 bits per heavy atom. The summed E-state index contributed by atoms with van der Waals surface area (Å²) >= 11 is 0. The number of amides is 1. The highest BCUT2D eigenvalue weighted by Crippen LogP contribution is 2.27. The maximum absolute atomic E-state index is 12.9. The third-order valence-corrected chi connectivity index (χ3v) is 5.05. The third kappa shape index (κ3) is 3.40. The van der Waals surface area contributed by atoms with Gasteiger partial charge in [-0.3, -0.25) is 9.59 Å². The van der Waals surface area contributed by atoms with Crippen molar-refractivity contribution in [3.05, 3.63) is 36.1 Å². The number of fused-ring (bicyclic) bond motifs is 2. The second-order valence-corrected chi connectivity index (χ2v) is 6.89. The van der Waals surface area contributed by atoms with Crippen molar-refractivity contribution in [2.24, 2.45) is 5.92 Å². The summed E-state index contributed by atoms with van der Waals surface area (Å²) in [4.78, 5) is 31.1. The summed E-state index contributed by atoms with van der Waals surface area (Å²) in [5, 5.41) is 1.70. The molecule has 1 aliphatic heterocycles. The SMILES string of the molecule is CCOC(=O)[C@@H]1CCCN(C(=O)c2cc3cc4ccc(OC)cc4nc3o2)C1. The van der Waals surface area contributed by atoms with Crippen LogP contribution in [0.25, 0.3) is 22.0 Å². The molecular weight excluding hydrogens is 360 g/mol. The molecule has 1 aliphatic rings. The Morgan fingerprint density at radius 2 is 2.11 bits per heavy atom. The number of nitrogens with zero attached hydrogens (tertiary/aromatic N) is 2. The number of hydrogen-bond acceptors (Lipinski definition) is 6. The van der Waals surface area contributed by atoms with E-state index in [1.165, 1.54) is 0 Å². The van der Waals surface area contributed by atoms with Gasteiger partial charge in [0.25, 0.3) is 5.91 Å². The largest absolute Gasteiger partial charge is 0.497 e. The lowest BCUT2D eigenvalue weighted by atomic mass is 9.98. The van der Waals surface area contributed by atoms with Gasteiger partial charge in [0.15, 0.2) is 5.76 Å². The van der Waals surface area contributed by atoms with Crippen molar-refractivity contribution in [3.63, 3.8) is 0 Å². The van der Waals surface area contributed by atoms with Gasteiger partial charge in [-0.25, -0.2) is 4.98 Å². The third-order valence-electron chi connectivity index (χ3n) is 5.05. The first-order chi connectivity index (χ1) is 13.6. The minimum Gasteiger partial charge on any atom is -0.497 e. The van der Waals surface area contributed by atoms with E-state index in [4.69, 9.17) is 13.9 Å². The van der Waals surface area contributed by atoms with E-state index in [0.29, 0.717) is 31.2 Å². The van der Waals surface area contributed by atoms with Crippen molar-refractivity contribution in [2.75, 3.05) is 26.8 Å². The van der Waals surface area contributed by atoms with Crippen LogP contribution >= 0.6 is 0 Å². The summed E-state index contributed by atoms with van der Waals surface area (Å²) < 4.78 is 16.1. The van der Waals surface area contributed by atoms with Gasteiger partial charge in [-0.1, -0.05) is 0 Å². The molecule has 146 valence electrons. The van der Waals surface area contributed by atoms with E-state index in [0.717, 1.165) is 29.1 Å². The normalized spacial score (nSPS) is 17.1. The maximum atomic E-state index is 12.9. The molecule has 28 heavy (non-hydrogen) atoms. The minimum atomic E-state index is -0.282. The fourth-order valence-electron chi connectivity index (χ4n) is 3.61. The Bertz CT molecular complexity index is 1040. The Hall–Kier alpha value is -3.09. The molecule has 0 aliphatic carbocycles. The van der Waals surface area contributed by atoms with Crippen LogP contribution in [0.2, 0.25) is 0 Å². The van der Waals surface area contributed by atoms with E-state index >= 15 is 0 Å². The zero-order valence-corrected chi connectivity index (χ0v) is 15.9. The molecule has 3 aromatic rings. The highest BCUT2D eigenvalue weighted by molar-refractivity contribution is 5.98. The van der Waals surface area contributed by atoms with Gasteiger partial charge in [0.1, 0.15) is 5.75 Å². The maximum Gasteiger partial charge on any atom is 0.310 e. The molecule has 1 aromatic carbocycles. The summed E-state index contributed by atoms with van der Waals surface area (Å²) in [6.45, 7) is 3.07. The van der Waals surface area contributed by atoms with E-state index in [1.807, 2.05) is 24.3 Å². The predicted molar refractivity (Wildman–Crippen MR) is 103 cm³/mol. The number of carbonyl (C=O) groups excluding carboxylic acids is 2. The molecule has 1 atom stereocenters. The average molecular weight is 382 g/mol. The number of carbonyl (C=O) groups is 2. The predicted octanol–water partition coefficient (Wildman–Crippen LogP) is 3.40. The first-order valence-electron chi connectivity index (χ1n) is 9.43. The molecule has 7 nitrogen and oxygen atoms in total. The van der Waals surface area contributed by atoms with Crippen LogP contribution in [0.4, 0.5) is 0 Å². The molecule has 7 heteroatoms. The highest BCUT2D eigenvalue weighted by Gasteiger charge is 2.31. The van der Waals surface area contributed by atoms with Crippen LogP contribution in [0.3, 0.4) is 0 Å². The van der Waals surface area contributed by atoms with E-state index in [9.17, 15) is 9.59 Å². The second kappa shape index (κ2) is 7.50. The Balaban J connectivity index is 1.60. The lowest BCUT2D eigenvalue weighted by molar-refractivity contribution is -0.149. The van der Waals surface area contributed by atoms with Gasteiger partial charge < -0.3 is 18.8 Å². The molecule has 0 N–H and O–H groups in total. The van der Waals surface area contributed by atoms with Gasteiger partial charge in [0, 0.05) is 29.9 Å². The summed E-state index contributed by atoms with van der Waals surface area (Å²) in [5.74, 6) is 0.185. The summed E-state index contributed by atoms with van der Waals surface area (Å²) in [6.07, 6.45) is 1.49. The molecule has 0 radical (unpaired) electrons. The summed E-state index contributed by atoms with van der Waals surface area (Å²) in [5.41, 5.74) is 1.14. The van der Waals surface area contributed by atoms with Crippen molar-refractivity contribution in [1.82, 2.24) is 9.88 Å². The van der Waals surface area contributed by atoms with Gasteiger partial charge in [0.2, 0.25) is 5.71 Å². The molecule has 0 bridgehead atoms. The standard InChI is InChI=1S/C21H22N2O5/c1-3-27-21(25)14-5-4-8-23(12-14)20(24)18-10-15-9-13-6-7-16(26-2)11-17(13)22-19(15)28-18/h6-7,9-11,14H,3-5,8,12H2,1-2H3/t14-/m1/s1. The number of pyridine rings is 1. The number of hydrogen-bond donors (Lipinski definition) is 0. The van der Waals surface area contributed by atoms with Crippen LogP contribution in [0.1, 0.15) is 30.3 Å². The van der Waals surface area contributed by atoms with Gasteiger partial charge in [-0.05, 0) is 44.0 Å². The molecule has 0 saturated carbocycles. The first-order valence-corrected chi connectivity index (χ1v) is 9.43. The number of likely N-dealkylation sites (tertiary alicyclic amines) is 1. The first kappa shape index (κ1) is 18.3. The average Bonchev–Trinajstić information content (AvgIpc) is 3.14. The smallest absolute Gasteiger partial charge is 0.310 e. The monoisotopic (exact) mass is 382 g/mol. The Morgan fingerprint density at radius 1 is 1.25 bits per heavy atom. The quantitative estimate of drug-likeness (QED) is 0.643. The fourth-order valence-corrected chi connectivity index (χ4v) is 3.61. The number of rotatable bonds is 4. The second-order valence-electron chi connectivity index (χ2n) is 6.89. The van der Waals surface area contributed by atoms with Crippen molar-refractivity contribution in [1.29, 1.82) is 0 Å². The van der Waals surface area contributed by atoms with Crippen LogP contribution in [-0.2, 0) is 9.53 Å². The van der Waals surface area contributed by atoms with Gasteiger partial charge >= 0.3 is 5.97 Å². The molecular formula is C21H22N2O5. The van der Waals surface area contributed by atoms with Crippen molar-refractivity contribution in [2.45, 2.75) is 19.8 Å². The van der Waals surface area contributed by atoms with Gasteiger partial charge in [0.05, 0.1) is 25.2 Å². The Labute approximate surface area is 162 Å². The molecule has 2 aromatic heterocycles. The molecule has 4 rings (SSSR count). The number of benzene rings is 1. The Kier molecular flexibility index (Phi) is 4.90. The highest BCUT2D eigenvalue weighted by atomic mass is 16.5. The number of piperidine rings is 1. The van der Waals surface area contributed by atoms with Crippen LogP contribution in [0.15, 0.2) is 34.7 Å². The number of furan rings is 1. The number of ether oxygens (including phenoxy) is 2. The summed E-state index contributed by atoms with van der Waals surface area (Å²) in [6, 6.07) is 9.26. The number of methoxy groups -OCH3 is 1. The van der Waals surface area contributed by atoms with Crippen LogP contribution < -0.4 is 4.74 Å². The van der Waals surface area contributed by atoms with Crippen LogP contribution in [-0.4, -0.2) is 48.6 Å². The molecule has 1 saturated heterocycles. The van der Waals surface area contributed by atoms with E-state index in [2.05, 4.69) is 4.98 Å². The molecule has 0 unspecified atom stereocenters. The van der Waals surface area contributed by atoms with Gasteiger partial charge in [-0.2, -0.15) is 0 Å². The van der Waals surface area contributed by atoms with Crippen LogP contribution in [0, 0.1) is 5.92 Å². The minimum absolute atomic E-state index is 0.228. The van der Waals surface area contributed by atoms with Crippen molar-refractivity contribution < 1.29 is 23.5 Å². The summed E-state index contributed by atoms with van der Waals surface area (Å²) in [7, 11) is 1.60. The van der Waals surface area contributed by atoms with E-state index in [-0.39, 0.29) is 23.6 Å². The zero-order valence-electron chi connectivity index (χ0n) is 15.9. The lowest BCUT2D eigenvalue weighted by Crippen LogP contribution is -2.42. The molecule has 0 spiro atoms. The van der Waals surface area contributed by atoms with Crippen molar-refractivity contribution >= 4 is 33.9 Å². The van der Waals surface area contributed by atoms with Crippen molar-refractivity contribution in [3.8, 4) is 5.75 Å². The number of aromatic nitrogens is 1. The number of esters is 1. The van der Waals surface area contributed by atoms with Crippen LogP contribution in [0.5, 0.6) is 5.75 Å². The molecule has 1 fully saturated rings. The topological polar surface area (TPSA) is 81.9 Å². The molecule has 1 amide bonds. The molecule has 3 heterocycles. The van der Waals surface area contributed by atoms with E-state index < -0.39 is 0 Å². The lowest BCUT2D eigenvalue weighted by Gasteiger charge is -2.30. The van der Waals surface area contributed by atoms with E-state index in [1.54, 1.807) is 25.0 Å². The fraction of sp³-hybridized carbons (Fsp3) is 0.381.